The van der Waals surface area contributed by atoms with Crippen molar-refractivity contribution in [2.45, 2.75) is 12.8 Å². The fraction of sp³-hybridized carbons (Fsp3) is 0.556. The number of amides is 2. The number of rotatable bonds is 6. The Kier molecular flexibility index (Phi) is 4.92. The highest BCUT2D eigenvalue weighted by molar-refractivity contribution is 5.74. The quantitative estimate of drug-likeness (QED) is 0.600. The first-order valence-electron chi connectivity index (χ1n) is 5.16. The summed E-state index contributed by atoms with van der Waals surface area (Å²) >= 11 is 0. The summed E-state index contributed by atoms with van der Waals surface area (Å²) in [6.45, 7) is 0.538. The Labute approximate surface area is 98.0 Å². The van der Waals surface area contributed by atoms with E-state index < -0.39 is 5.97 Å². The van der Waals surface area contributed by atoms with Gasteiger partial charge in [0.15, 0.2) is 0 Å². The van der Waals surface area contributed by atoms with Gasteiger partial charge in [0, 0.05) is 26.6 Å². The lowest BCUT2D eigenvalue weighted by molar-refractivity contribution is -0.136. The number of aryl methyl sites for hydroxylation is 1. The molecule has 0 atom stereocenters. The zero-order valence-electron chi connectivity index (χ0n) is 9.51. The second-order valence-electron chi connectivity index (χ2n) is 3.43. The molecular weight excluding hydrogens is 226 g/mol. The lowest BCUT2D eigenvalue weighted by atomic mass is 10.4. The molecule has 0 fully saturated rings. The van der Waals surface area contributed by atoms with Crippen LogP contribution in [-0.2, 0) is 18.3 Å². The van der Waals surface area contributed by atoms with E-state index in [0.29, 0.717) is 13.0 Å². The Morgan fingerprint density at radius 2 is 2.12 bits per heavy atom. The minimum absolute atomic E-state index is 0.0866. The summed E-state index contributed by atoms with van der Waals surface area (Å²) < 4.78 is 1.77. The highest BCUT2D eigenvalue weighted by Crippen LogP contribution is 1.90. The van der Waals surface area contributed by atoms with Crippen molar-refractivity contribution < 1.29 is 14.7 Å². The summed E-state index contributed by atoms with van der Waals surface area (Å²) in [5.41, 5.74) is 0. The molecule has 0 unspecified atom stereocenters. The summed E-state index contributed by atoms with van der Waals surface area (Å²) in [6.07, 6.45) is 2.07. The molecule has 0 aromatic carbocycles. The van der Waals surface area contributed by atoms with Crippen LogP contribution in [0.2, 0.25) is 0 Å². The maximum atomic E-state index is 11.2. The average Bonchev–Trinajstić information content (AvgIpc) is 2.64. The molecule has 3 N–H and O–H groups in total. The highest BCUT2D eigenvalue weighted by Gasteiger charge is 2.03. The van der Waals surface area contributed by atoms with Gasteiger partial charge in [0.25, 0.3) is 0 Å². The third-order valence-electron chi connectivity index (χ3n) is 2.06. The van der Waals surface area contributed by atoms with E-state index in [4.69, 9.17) is 5.11 Å². The van der Waals surface area contributed by atoms with Gasteiger partial charge >= 0.3 is 12.0 Å². The van der Waals surface area contributed by atoms with Crippen LogP contribution in [0.5, 0.6) is 0 Å². The van der Waals surface area contributed by atoms with Gasteiger partial charge in [-0.25, -0.2) is 4.79 Å². The molecule has 0 spiro atoms. The number of carboxylic acid groups (broad SMARTS) is 1. The molecule has 0 aliphatic rings. The second kappa shape index (κ2) is 6.46. The smallest absolute Gasteiger partial charge is 0.314 e. The summed E-state index contributed by atoms with van der Waals surface area (Å²) in [5, 5.41) is 21.0. The molecule has 0 radical (unpaired) electrons. The minimum atomic E-state index is -0.940. The molecule has 1 heterocycles. The van der Waals surface area contributed by atoms with E-state index in [-0.39, 0.29) is 19.0 Å². The Bertz CT molecular complexity index is 390. The van der Waals surface area contributed by atoms with Gasteiger partial charge in [-0.05, 0) is 0 Å². The lowest BCUT2D eigenvalue weighted by Gasteiger charge is -2.05. The summed E-state index contributed by atoms with van der Waals surface area (Å²) in [4.78, 5) is 21.4. The lowest BCUT2D eigenvalue weighted by Crippen LogP contribution is -2.37. The molecule has 0 aliphatic carbocycles. The summed E-state index contributed by atoms with van der Waals surface area (Å²) in [5.74, 6) is -0.166. The number of urea groups is 1. The molecule has 94 valence electrons. The van der Waals surface area contributed by atoms with Gasteiger partial charge in [-0.2, -0.15) is 0 Å². The molecule has 1 aromatic heterocycles. The van der Waals surface area contributed by atoms with E-state index in [2.05, 4.69) is 20.8 Å². The number of carboxylic acids is 1. The fourth-order valence-corrected chi connectivity index (χ4v) is 1.17. The number of carbonyl (C=O) groups is 2. The molecule has 0 aliphatic heterocycles. The van der Waals surface area contributed by atoms with E-state index in [0.717, 1.165) is 5.82 Å². The van der Waals surface area contributed by atoms with Crippen LogP contribution in [0.25, 0.3) is 0 Å². The fourth-order valence-electron chi connectivity index (χ4n) is 1.17. The first-order chi connectivity index (χ1) is 8.09. The van der Waals surface area contributed by atoms with Crippen LogP contribution in [0.4, 0.5) is 4.79 Å². The Morgan fingerprint density at radius 3 is 2.71 bits per heavy atom. The topological polar surface area (TPSA) is 109 Å². The number of carbonyl (C=O) groups excluding carboxylic acids is 1. The van der Waals surface area contributed by atoms with Crippen molar-refractivity contribution in [2.24, 2.45) is 7.05 Å². The molecule has 8 nitrogen and oxygen atoms in total. The maximum absolute atomic E-state index is 11.2. The van der Waals surface area contributed by atoms with Crippen LogP contribution in [0.15, 0.2) is 6.33 Å². The third-order valence-corrected chi connectivity index (χ3v) is 2.06. The van der Waals surface area contributed by atoms with Crippen molar-refractivity contribution >= 4 is 12.0 Å². The Balaban J connectivity index is 2.12. The minimum Gasteiger partial charge on any atom is -0.481 e. The van der Waals surface area contributed by atoms with Gasteiger partial charge in [0.1, 0.15) is 12.2 Å². The molecule has 2 amide bonds. The van der Waals surface area contributed by atoms with Crippen molar-refractivity contribution in [2.75, 3.05) is 13.1 Å². The van der Waals surface area contributed by atoms with Crippen LogP contribution in [0, 0.1) is 0 Å². The molecular formula is C9H15N5O3. The van der Waals surface area contributed by atoms with Crippen molar-refractivity contribution in [1.29, 1.82) is 0 Å². The van der Waals surface area contributed by atoms with Gasteiger partial charge in [-0.1, -0.05) is 0 Å². The van der Waals surface area contributed by atoms with Crippen molar-refractivity contribution in [1.82, 2.24) is 25.4 Å². The van der Waals surface area contributed by atoms with Crippen LogP contribution < -0.4 is 10.6 Å². The maximum Gasteiger partial charge on any atom is 0.314 e. The van der Waals surface area contributed by atoms with Crippen LogP contribution >= 0.6 is 0 Å². The first kappa shape index (κ1) is 12.9. The van der Waals surface area contributed by atoms with Crippen molar-refractivity contribution in [3.8, 4) is 0 Å². The predicted octanol–water partition coefficient (Wildman–Crippen LogP) is -0.868. The van der Waals surface area contributed by atoms with Crippen molar-refractivity contribution in [3.05, 3.63) is 12.2 Å². The molecule has 17 heavy (non-hydrogen) atoms. The number of hydrogen-bond acceptors (Lipinski definition) is 4. The van der Waals surface area contributed by atoms with Crippen LogP contribution in [-0.4, -0.2) is 45.0 Å². The molecule has 8 heteroatoms. The summed E-state index contributed by atoms with van der Waals surface area (Å²) in [7, 11) is 1.82. The summed E-state index contributed by atoms with van der Waals surface area (Å²) in [6, 6.07) is -0.381. The van der Waals surface area contributed by atoms with E-state index >= 15 is 0 Å². The molecule has 1 rings (SSSR count). The third kappa shape index (κ3) is 4.96. The van der Waals surface area contributed by atoms with Gasteiger partial charge in [-0.3, -0.25) is 4.79 Å². The van der Waals surface area contributed by atoms with Gasteiger partial charge < -0.3 is 20.3 Å². The van der Waals surface area contributed by atoms with E-state index in [9.17, 15) is 9.59 Å². The average molecular weight is 241 g/mol. The van der Waals surface area contributed by atoms with Crippen molar-refractivity contribution in [3.63, 3.8) is 0 Å². The largest absolute Gasteiger partial charge is 0.481 e. The van der Waals surface area contributed by atoms with E-state index in [1.165, 1.54) is 0 Å². The first-order valence-corrected chi connectivity index (χ1v) is 5.16. The number of nitrogens with zero attached hydrogens (tertiary/aromatic N) is 3. The monoisotopic (exact) mass is 241 g/mol. The number of nitrogens with one attached hydrogen (secondary N) is 2. The van der Waals surface area contributed by atoms with E-state index in [1.807, 2.05) is 7.05 Å². The second-order valence-corrected chi connectivity index (χ2v) is 3.43. The highest BCUT2D eigenvalue weighted by atomic mass is 16.4. The normalized spacial score (nSPS) is 9.94. The number of aromatic nitrogens is 3. The molecule has 1 aromatic rings. The Hall–Kier alpha value is -2.12. The molecule has 0 saturated heterocycles. The number of hydrogen-bond donors (Lipinski definition) is 3. The number of aliphatic carboxylic acids is 1. The Morgan fingerprint density at radius 1 is 1.41 bits per heavy atom. The standard InChI is InChI=1S/C9H15N5O3/c1-14-6-12-13-7(14)2-4-10-9(17)11-5-3-8(15)16/h6H,2-5H2,1H3,(H,15,16)(H2,10,11,17). The van der Waals surface area contributed by atoms with Gasteiger partial charge in [-0.15, -0.1) is 10.2 Å². The predicted molar refractivity (Wildman–Crippen MR) is 58.4 cm³/mol. The zero-order valence-corrected chi connectivity index (χ0v) is 9.51. The zero-order chi connectivity index (χ0) is 12.7. The van der Waals surface area contributed by atoms with Crippen LogP contribution in [0.3, 0.4) is 0 Å². The SMILES string of the molecule is Cn1cnnc1CCNC(=O)NCCC(=O)O. The van der Waals surface area contributed by atoms with Crippen LogP contribution in [0.1, 0.15) is 12.2 Å². The van der Waals surface area contributed by atoms with E-state index in [1.54, 1.807) is 10.9 Å². The van der Waals surface area contributed by atoms with Gasteiger partial charge in [0.05, 0.1) is 6.42 Å². The van der Waals surface area contributed by atoms with Gasteiger partial charge in [0.2, 0.25) is 0 Å². The molecule has 0 bridgehead atoms. The molecule has 0 saturated carbocycles.